The van der Waals surface area contributed by atoms with Crippen LogP contribution in [0.25, 0.3) is 0 Å². The number of Topliss-reactive ketones (excluding diaryl/α,β-unsaturated/α-hetero) is 1. The summed E-state index contributed by atoms with van der Waals surface area (Å²) in [5.41, 5.74) is 1.10. The van der Waals surface area contributed by atoms with Gasteiger partial charge in [0, 0.05) is 18.0 Å². The maximum absolute atomic E-state index is 12.6. The van der Waals surface area contributed by atoms with Gasteiger partial charge in [0.15, 0.2) is 5.78 Å². The van der Waals surface area contributed by atoms with E-state index in [2.05, 4.69) is 5.32 Å². The zero-order valence-electron chi connectivity index (χ0n) is 14.9. The molecule has 1 amide bonds. The van der Waals surface area contributed by atoms with Crippen molar-refractivity contribution in [2.24, 2.45) is 0 Å². The van der Waals surface area contributed by atoms with E-state index < -0.39 is 0 Å². The molecule has 1 aliphatic rings. The molecule has 132 valence electrons. The van der Waals surface area contributed by atoms with Crippen LogP contribution in [-0.2, 0) is 9.59 Å². The van der Waals surface area contributed by atoms with Gasteiger partial charge in [0.1, 0.15) is 16.7 Å². The number of amides is 1. The largest absolute Gasteiger partial charge is 0.353 e. The van der Waals surface area contributed by atoms with Crippen LogP contribution in [0.5, 0.6) is 0 Å². The highest BCUT2D eigenvalue weighted by atomic mass is 32.2. The van der Waals surface area contributed by atoms with E-state index in [1.54, 1.807) is 11.9 Å². The molecule has 0 bridgehead atoms. The maximum atomic E-state index is 12.6. The summed E-state index contributed by atoms with van der Waals surface area (Å²) in [7, 11) is 3.54. The third kappa shape index (κ3) is 4.62. The number of likely N-dealkylation sites (N-methyl/N-ethyl adjacent to an activating group) is 1. The summed E-state index contributed by atoms with van der Waals surface area (Å²) in [5.74, 6) is -0.430. The van der Waals surface area contributed by atoms with Gasteiger partial charge in [-0.1, -0.05) is 23.9 Å². The van der Waals surface area contributed by atoms with Crippen LogP contribution >= 0.6 is 11.8 Å². The first-order valence-electron chi connectivity index (χ1n) is 7.99. The lowest BCUT2D eigenvalue weighted by atomic mass is 10.2. The Labute approximate surface area is 152 Å². The van der Waals surface area contributed by atoms with Gasteiger partial charge in [-0.25, -0.2) is 0 Å². The van der Waals surface area contributed by atoms with Crippen molar-refractivity contribution in [1.29, 1.82) is 5.26 Å². The summed E-state index contributed by atoms with van der Waals surface area (Å²) < 4.78 is 0. The molecule has 0 aliphatic carbocycles. The Morgan fingerprint density at radius 1 is 1.32 bits per heavy atom. The lowest BCUT2D eigenvalue weighted by Gasteiger charge is -2.18. The van der Waals surface area contributed by atoms with E-state index in [1.165, 1.54) is 11.8 Å². The van der Waals surface area contributed by atoms with Crippen molar-refractivity contribution in [3.05, 3.63) is 34.9 Å². The molecule has 1 aliphatic heterocycles. The number of nitrogens with one attached hydrogen (secondary N) is 1. The minimum absolute atomic E-state index is 0.0165. The average molecular weight is 358 g/mol. The molecule has 0 saturated carbocycles. The lowest BCUT2D eigenvalue weighted by Crippen LogP contribution is -2.40. The van der Waals surface area contributed by atoms with Crippen LogP contribution in [0.15, 0.2) is 39.8 Å². The maximum Gasteiger partial charge on any atom is 0.234 e. The molecular weight excluding hydrogens is 336 g/mol. The molecule has 7 heteroatoms. The molecule has 2 rings (SSSR count). The highest BCUT2D eigenvalue weighted by Crippen LogP contribution is 2.46. The van der Waals surface area contributed by atoms with Gasteiger partial charge in [-0.05, 0) is 33.0 Å². The number of nitrogens with zero attached hydrogens (tertiary/aromatic N) is 3. The first-order valence-corrected chi connectivity index (χ1v) is 8.81. The van der Waals surface area contributed by atoms with E-state index in [0.29, 0.717) is 5.03 Å². The van der Waals surface area contributed by atoms with Crippen molar-refractivity contribution in [3.8, 4) is 6.07 Å². The summed E-state index contributed by atoms with van der Waals surface area (Å²) >= 11 is 1.42. The van der Waals surface area contributed by atoms with Gasteiger partial charge in [0.25, 0.3) is 0 Å². The summed E-state index contributed by atoms with van der Waals surface area (Å²) in [4.78, 5) is 28.9. The minimum atomic E-state index is -0.287. The van der Waals surface area contributed by atoms with Crippen LogP contribution in [0.3, 0.4) is 0 Å². The van der Waals surface area contributed by atoms with Crippen LogP contribution in [0.4, 0.5) is 5.69 Å². The molecule has 0 aromatic heterocycles. The number of anilines is 1. The molecule has 1 aromatic carbocycles. The number of hydrogen-bond donors (Lipinski definition) is 1. The summed E-state index contributed by atoms with van der Waals surface area (Å²) in [6.07, 6.45) is 0. The van der Waals surface area contributed by atoms with Crippen LogP contribution in [0.1, 0.15) is 13.8 Å². The van der Waals surface area contributed by atoms with Crippen molar-refractivity contribution in [3.63, 3.8) is 0 Å². The second kappa shape index (κ2) is 8.19. The van der Waals surface area contributed by atoms with Crippen molar-refractivity contribution < 1.29 is 9.59 Å². The Kier molecular flexibility index (Phi) is 6.23. The predicted octanol–water partition coefficient (Wildman–Crippen LogP) is 1.99. The molecule has 1 heterocycles. The molecule has 0 saturated heterocycles. The fourth-order valence-electron chi connectivity index (χ4n) is 2.54. The minimum Gasteiger partial charge on any atom is -0.353 e. The average Bonchev–Trinajstić information content (AvgIpc) is 2.84. The molecule has 0 spiro atoms. The second-order valence-electron chi connectivity index (χ2n) is 6.24. The van der Waals surface area contributed by atoms with Gasteiger partial charge in [0.2, 0.25) is 5.91 Å². The van der Waals surface area contributed by atoms with Gasteiger partial charge < -0.3 is 10.2 Å². The molecule has 1 N–H and O–H groups in total. The zero-order chi connectivity index (χ0) is 18.6. The van der Waals surface area contributed by atoms with E-state index in [4.69, 9.17) is 0 Å². The highest BCUT2D eigenvalue weighted by Gasteiger charge is 2.28. The second-order valence-corrected chi connectivity index (χ2v) is 7.27. The fraction of sp³-hybridized carbons (Fsp3) is 0.389. The molecule has 0 unspecified atom stereocenters. The SMILES string of the molecule is CC(C)NC(=O)CN(C)CC(=O)/C(C#N)=C1\Sc2ccccc2N1C. The number of benzene rings is 1. The van der Waals surface area contributed by atoms with Crippen molar-refractivity contribution >= 4 is 29.1 Å². The monoisotopic (exact) mass is 358 g/mol. The lowest BCUT2D eigenvalue weighted by molar-refractivity contribution is -0.123. The van der Waals surface area contributed by atoms with Crippen molar-refractivity contribution in [2.45, 2.75) is 24.8 Å². The highest BCUT2D eigenvalue weighted by molar-refractivity contribution is 8.03. The van der Waals surface area contributed by atoms with Crippen LogP contribution in [-0.4, -0.2) is 49.8 Å². The summed E-state index contributed by atoms with van der Waals surface area (Å²) in [5, 5.41) is 12.9. The van der Waals surface area contributed by atoms with Crippen LogP contribution < -0.4 is 10.2 Å². The zero-order valence-corrected chi connectivity index (χ0v) is 15.7. The normalized spacial score (nSPS) is 15.2. The van der Waals surface area contributed by atoms with Gasteiger partial charge in [0.05, 0.1) is 18.8 Å². The first-order chi connectivity index (χ1) is 11.8. The van der Waals surface area contributed by atoms with Crippen LogP contribution in [0, 0.1) is 11.3 Å². The third-order valence-electron chi connectivity index (χ3n) is 3.62. The Morgan fingerprint density at radius 3 is 2.60 bits per heavy atom. The summed E-state index contributed by atoms with van der Waals surface area (Å²) in [6.45, 7) is 3.89. The first kappa shape index (κ1) is 19.0. The summed E-state index contributed by atoms with van der Waals surface area (Å²) in [6, 6.07) is 9.86. The molecule has 1 aromatic rings. The number of thioether (sulfide) groups is 1. The van der Waals surface area contributed by atoms with E-state index in [1.807, 2.05) is 56.1 Å². The molecule has 25 heavy (non-hydrogen) atoms. The smallest absolute Gasteiger partial charge is 0.234 e. The Balaban J connectivity index is 2.10. The standard InChI is InChI=1S/C18H22N4O2S/c1-12(2)20-17(24)11-21(3)10-15(23)13(9-19)18-22(4)14-7-5-6-8-16(14)25-18/h5-8,12H,10-11H2,1-4H3,(H,20,24)/b18-13-. The van der Waals surface area contributed by atoms with E-state index in [9.17, 15) is 14.9 Å². The van der Waals surface area contributed by atoms with E-state index in [-0.39, 0.29) is 36.4 Å². The topological polar surface area (TPSA) is 76.4 Å². The molecule has 0 fully saturated rings. The molecular formula is C18H22N4O2S. The number of nitriles is 1. The molecule has 0 atom stereocenters. The van der Waals surface area contributed by atoms with Gasteiger partial charge >= 0.3 is 0 Å². The number of carbonyl (C=O) groups excluding carboxylic acids is 2. The number of fused-ring (bicyclic) bond motifs is 1. The molecule has 0 radical (unpaired) electrons. The van der Waals surface area contributed by atoms with Crippen LogP contribution in [0.2, 0.25) is 0 Å². The number of para-hydroxylation sites is 1. The van der Waals surface area contributed by atoms with Gasteiger partial charge in [-0.2, -0.15) is 5.26 Å². The van der Waals surface area contributed by atoms with Crippen molar-refractivity contribution in [2.75, 3.05) is 32.1 Å². The number of rotatable bonds is 6. The fourth-order valence-corrected chi connectivity index (χ4v) is 3.70. The number of hydrogen-bond acceptors (Lipinski definition) is 6. The number of ketones is 1. The van der Waals surface area contributed by atoms with Crippen molar-refractivity contribution in [1.82, 2.24) is 10.2 Å². The quantitative estimate of drug-likeness (QED) is 0.619. The third-order valence-corrected chi connectivity index (χ3v) is 4.86. The molecule has 6 nitrogen and oxygen atoms in total. The number of carbonyl (C=O) groups is 2. The Hall–Kier alpha value is -2.30. The van der Waals surface area contributed by atoms with E-state index in [0.717, 1.165) is 10.6 Å². The Morgan fingerprint density at radius 2 is 2.00 bits per heavy atom. The predicted molar refractivity (Wildman–Crippen MR) is 99.1 cm³/mol. The van der Waals surface area contributed by atoms with Gasteiger partial charge in [-0.15, -0.1) is 0 Å². The van der Waals surface area contributed by atoms with Gasteiger partial charge in [-0.3, -0.25) is 14.5 Å². The Bertz CT molecular complexity index is 752. The van der Waals surface area contributed by atoms with E-state index >= 15 is 0 Å².